The number of ether oxygens (including phenoxy) is 1. The third-order valence-corrected chi connectivity index (χ3v) is 4.96. The van der Waals surface area contributed by atoms with E-state index in [0.29, 0.717) is 0 Å². The molecule has 1 N–H and O–H groups in total. The minimum Gasteiger partial charge on any atom is -0.497 e. The van der Waals surface area contributed by atoms with E-state index >= 15 is 0 Å². The summed E-state index contributed by atoms with van der Waals surface area (Å²) in [6.07, 6.45) is 0. The first-order valence-electron chi connectivity index (χ1n) is 7.03. The first-order chi connectivity index (χ1) is 11.2. The Morgan fingerprint density at radius 3 is 2.52 bits per heavy atom. The van der Waals surface area contributed by atoms with Crippen molar-refractivity contribution in [2.45, 2.75) is 10.5 Å². The molecule has 116 valence electrons. The van der Waals surface area contributed by atoms with Gasteiger partial charge in [0.05, 0.1) is 7.11 Å². The fraction of sp³-hybridized carbons (Fsp3) is 0.125. The first-order valence-corrected chi connectivity index (χ1v) is 8.29. The summed E-state index contributed by atoms with van der Waals surface area (Å²) in [6, 6.07) is 15.6. The number of aromatic nitrogens is 3. The van der Waals surface area contributed by atoms with Crippen molar-refractivity contribution >= 4 is 23.4 Å². The van der Waals surface area contributed by atoms with Gasteiger partial charge in [0.15, 0.2) is 5.82 Å². The Labute approximate surface area is 142 Å². The van der Waals surface area contributed by atoms with Crippen LogP contribution in [0.15, 0.2) is 53.7 Å². The molecule has 1 aromatic heterocycles. The number of thioether (sulfide) groups is 1. The van der Waals surface area contributed by atoms with Crippen molar-refractivity contribution in [3.8, 4) is 17.1 Å². The van der Waals surface area contributed by atoms with Crippen molar-refractivity contribution in [2.75, 3.05) is 12.5 Å². The summed E-state index contributed by atoms with van der Waals surface area (Å²) in [5.41, 5.74) is 5.55. The van der Waals surface area contributed by atoms with Crippen LogP contribution in [0.1, 0.15) is 10.9 Å². The Morgan fingerprint density at radius 2 is 1.83 bits per heavy atom. The molecule has 0 unspecified atom stereocenters. The van der Waals surface area contributed by atoms with Crippen LogP contribution in [-0.2, 0) is 0 Å². The SMILES string of the molecule is COc1ccc(-c2nnc3n2N[C@@H](c2ccc(Cl)cc2)S3)cc1. The number of benzene rings is 2. The van der Waals surface area contributed by atoms with Gasteiger partial charge in [0.1, 0.15) is 11.1 Å². The minimum atomic E-state index is 0.0924. The zero-order valence-corrected chi connectivity index (χ0v) is 13.8. The van der Waals surface area contributed by atoms with Gasteiger partial charge in [-0.05, 0) is 42.0 Å². The normalized spacial score (nSPS) is 16.0. The van der Waals surface area contributed by atoms with E-state index in [1.807, 2.05) is 53.2 Å². The highest BCUT2D eigenvalue weighted by atomic mass is 35.5. The number of rotatable bonds is 3. The van der Waals surface area contributed by atoms with Gasteiger partial charge in [-0.15, -0.1) is 10.2 Å². The highest BCUT2D eigenvalue weighted by Gasteiger charge is 2.28. The Kier molecular flexibility index (Phi) is 3.63. The summed E-state index contributed by atoms with van der Waals surface area (Å²) in [7, 11) is 1.65. The minimum absolute atomic E-state index is 0.0924. The average Bonchev–Trinajstić information content (AvgIpc) is 3.16. The maximum absolute atomic E-state index is 5.95. The number of nitrogens with one attached hydrogen (secondary N) is 1. The fourth-order valence-electron chi connectivity index (χ4n) is 2.42. The van der Waals surface area contributed by atoms with Crippen LogP contribution in [0, 0.1) is 0 Å². The molecule has 23 heavy (non-hydrogen) atoms. The standard InChI is InChI=1S/C16H13ClN4OS/c1-22-13-8-4-10(5-9-13)14-18-19-16-21(14)20-15(23-16)11-2-6-12(17)7-3-11/h2-9,15,20H,1H3/t15-/m1/s1. The molecule has 0 saturated carbocycles. The molecule has 0 bridgehead atoms. The van der Waals surface area contributed by atoms with E-state index in [-0.39, 0.29) is 5.37 Å². The molecule has 0 saturated heterocycles. The molecule has 0 spiro atoms. The largest absolute Gasteiger partial charge is 0.497 e. The van der Waals surface area contributed by atoms with Crippen LogP contribution in [-0.4, -0.2) is 22.0 Å². The van der Waals surface area contributed by atoms with Gasteiger partial charge < -0.3 is 10.2 Å². The molecule has 7 heteroatoms. The monoisotopic (exact) mass is 344 g/mol. The molecule has 5 nitrogen and oxygen atoms in total. The molecule has 3 aromatic rings. The summed E-state index contributed by atoms with van der Waals surface area (Å²) < 4.78 is 7.11. The van der Waals surface area contributed by atoms with E-state index in [4.69, 9.17) is 16.3 Å². The second-order valence-corrected chi connectivity index (χ2v) is 6.56. The molecule has 2 heterocycles. The molecule has 1 atom stereocenters. The number of methoxy groups -OCH3 is 1. The average molecular weight is 345 g/mol. The number of halogens is 1. The molecule has 2 aromatic carbocycles. The van der Waals surface area contributed by atoms with Gasteiger partial charge in [-0.2, -0.15) is 0 Å². The van der Waals surface area contributed by atoms with Gasteiger partial charge in [0, 0.05) is 10.6 Å². The second-order valence-electron chi connectivity index (χ2n) is 5.05. The number of hydrogen-bond donors (Lipinski definition) is 1. The van der Waals surface area contributed by atoms with Crippen LogP contribution in [0.2, 0.25) is 5.02 Å². The lowest BCUT2D eigenvalue weighted by Gasteiger charge is -2.12. The summed E-state index contributed by atoms with van der Waals surface area (Å²) in [5, 5.41) is 10.2. The van der Waals surface area contributed by atoms with E-state index in [2.05, 4.69) is 15.6 Å². The lowest BCUT2D eigenvalue weighted by atomic mass is 10.2. The Balaban J connectivity index is 1.62. The van der Waals surface area contributed by atoms with Crippen molar-refractivity contribution in [1.29, 1.82) is 0 Å². The van der Waals surface area contributed by atoms with Crippen LogP contribution >= 0.6 is 23.4 Å². The molecule has 0 amide bonds. The molecule has 1 aliphatic heterocycles. The zero-order valence-electron chi connectivity index (χ0n) is 12.2. The molecule has 1 aliphatic rings. The van der Waals surface area contributed by atoms with E-state index in [0.717, 1.165) is 32.9 Å². The molecule has 0 aliphatic carbocycles. The van der Waals surface area contributed by atoms with E-state index in [1.165, 1.54) is 0 Å². The van der Waals surface area contributed by atoms with Crippen LogP contribution in [0.5, 0.6) is 5.75 Å². The van der Waals surface area contributed by atoms with Crippen molar-refractivity contribution in [3.05, 3.63) is 59.1 Å². The predicted molar refractivity (Wildman–Crippen MR) is 91.4 cm³/mol. The van der Waals surface area contributed by atoms with Crippen molar-refractivity contribution in [3.63, 3.8) is 0 Å². The summed E-state index contributed by atoms with van der Waals surface area (Å²) >= 11 is 7.58. The van der Waals surface area contributed by atoms with Crippen molar-refractivity contribution in [2.24, 2.45) is 0 Å². The third kappa shape index (κ3) is 2.64. The second kappa shape index (κ2) is 5.79. The molecular weight excluding hydrogens is 332 g/mol. The summed E-state index contributed by atoms with van der Waals surface area (Å²) in [6.45, 7) is 0. The van der Waals surface area contributed by atoms with Gasteiger partial charge in [0.2, 0.25) is 5.16 Å². The predicted octanol–water partition coefficient (Wildman–Crippen LogP) is 3.96. The lowest BCUT2D eigenvalue weighted by Crippen LogP contribution is -2.13. The lowest BCUT2D eigenvalue weighted by molar-refractivity contribution is 0.415. The maximum Gasteiger partial charge on any atom is 0.212 e. The Bertz CT molecular complexity index is 832. The van der Waals surface area contributed by atoms with Gasteiger partial charge in [-0.3, -0.25) is 0 Å². The van der Waals surface area contributed by atoms with Crippen LogP contribution < -0.4 is 10.2 Å². The highest BCUT2D eigenvalue weighted by molar-refractivity contribution is 7.99. The quantitative estimate of drug-likeness (QED) is 0.779. The number of fused-ring (bicyclic) bond motifs is 1. The van der Waals surface area contributed by atoms with Crippen LogP contribution in [0.25, 0.3) is 11.4 Å². The van der Waals surface area contributed by atoms with Gasteiger partial charge in [0.25, 0.3) is 0 Å². The van der Waals surface area contributed by atoms with Gasteiger partial charge >= 0.3 is 0 Å². The first kappa shape index (κ1) is 14.4. The van der Waals surface area contributed by atoms with E-state index in [1.54, 1.807) is 18.9 Å². The van der Waals surface area contributed by atoms with Crippen LogP contribution in [0.3, 0.4) is 0 Å². The number of nitrogens with zero attached hydrogens (tertiary/aromatic N) is 3. The molecular formula is C16H13ClN4OS. The van der Waals surface area contributed by atoms with E-state index < -0.39 is 0 Å². The van der Waals surface area contributed by atoms with Crippen LogP contribution in [0.4, 0.5) is 0 Å². The fourth-order valence-corrected chi connectivity index (χ4v) is 3.54. The van der Waals surface area contributed by atoms with Gasteiger partial charge in [-0.25, -0.2) is 4.68 Å². The Morgan fingerprint density at radius 1 is 1.09 bits per heavy atom. The third-order valence-electron chi connectivity index (χ3n) is 3.62. The van der Waals surface area contributed by atoms with Gasteiger partial charge in [-0.1, -0.05) is 35.5 Å². The molecule has 0 radical (unpaired) electrons. The summed E-state index contributed by atoms with van der Waals surface area (Å²) in [4.78, 5) is 0. The molecule has 4 rings (SSSR count). The van der Waals surface area contributed by atoms with Crippen molar-refractivity contribution in [1.82, 2.24) is 14.9 Å². The van der Waals surface area contributed by atoms with Crippen molar-refractivity contribution < 1.29 is 4.74 Å². The number of hydrogen-bond acceptors (Lipinski definition) is 5. The smallest absolute Gasteiger partial charge is 0.212 e. The topological polar surface area (TPSA) is 52.0 Å². The molecule has 0 fully saturated rings. The van der Waals surface area contributed by atoms with E-state index in [9.17, 15) is 0 Å². The zero-order chi connectivity index (χ0) is 15.8. The summed E-state index contributed by atoms with van der Waals surface area (Å²) in [5.74, 6) is 1.60. The Hall–Kier alpha value is -2.18. The maximum atomic E-state index is 5.95. The highest BCUT2D eigenvalue weighted by Crippen LogP contribution is 2.40.